The topological polar surface area (TPSA) is 87.4 Å². The maximum atomic E-state index is 11.9. The Morgan fingerprint density at radius 3 is 2.75 bits per heavy atom. The van der Waals surface area contributed by atoms with Crippen molar-refractivity contribution in [2.45, 2.75) is 38.3 Å². The molecule has 1 fully saturated rings. The summed E-state index contributed by atoms with van der Waals surface area (Å²) in [6.07, 6.45) is 4.95. The molecule has 7 heteroatoms. The second-order valence-electron chi connectivity index (χ2n) is 5.18. The molecule has 1 aromatic heterocycles. The molecule has 0 amide bonds. The van der Waals surface area contributed by atoms with Crippen LogP contribution in [0.4, 0.5) is 5.69 Å². The maximum Gasteiger partial charge on any atom is 0.287 e. The molecular formula is C13H20ClN3O3. The number of aliphatic hydroxyl groups excluding tert-OH is 2. The molecule has 1 aromatic rings. The summed E-state index contributed by atoms with van der Waals surface area (Å²) in [5, 5.41) is 25.5. The minimum atomic E-state index is -0.398. The van der Waals surface area contributed by atoms with Gasteiger partial charge < -0.3 is 15.5 Å². The van der Waals surface area contributed by atoms with Gasteiger partial charge in [0.2, 0.25) is 0 Å². The predicted molar refractivity (Wildman–Crippen MR) is 77.0 cm³/mol. The fourth-order valence-electron chi connectivity index (χ4n) is 2.45. The number of nitrogens with zero attached hydrogens (tertiary/aromatic N) is 2. The minimum absolute atomic E-state index is 0.101. The highest BCUT2D eigenvalue weighted by Gasteiger charge is 2.19. The van der Waals surface area contributed by atoms with Crippen LogP contribution in [0.25, 0.3) is 0 Å². The van der Waals surface area contributed by atoms with Crippen LogP contribution < -0.4 is 10.9 Å². The SMILES string of the molecule is O=c1c(Cl)c(NCC2CCC(O)CC2)cnn1CCO. The Morgan fingerprint density at radius 1 is 1.40 bits per heavy atom. The van der Waals surface area contributed by atoms with Crippen LogP contribution in [-0.4, -0.2) is 39.2 Å². The molecule has 1 saturated carbocycles. The molecule has 0 atom stereocenters. The zero-order valence-electron chi connectivity index (χ0n) is 11.3. The first-order valence-corrected chi connectivity index (χ1v) is 7.28. The first-order chi connectivity index (χ1) is 9.61. The molecule has 6 nitrogen and oxygen atoms in total. The van der Waals surface area contributed by atoms with Gasteiger partial charge in [0, 0.05) is 6.54 Å². The number of anilines is 1. The van der Waals surface area contributed by atoms with Gasteiger partial charge in [-0.15, -0.1) is 0 Å². The number of aromatic nitrogens is 2. The highest BCUT2D eigenvalue weighted by Crippen LogP contribution is 2.25. The zero-order valence-corrected chi connectivity index (χ0v) is 12.0. The van der Waals surface area contributed by atoms with Crippen LogP contribution in [0, 0.1) is 5.92 Å². The van der Waals surface area contributed by atoms with E-state index in [-0.39, 0.29) is 24.3 Å². The average molecular weight is 302 g/mol. The highest BCUT2D eigenvalue weighted by molar-refractivity contribution is 6.32. The minimum Gasteiger partial charge on any atom is -0.394 e. The van der Waals surface area contributed by atoms with Crippen LogP contribution >= 0.6 is 11.6 Å². The van der Waals surface area contributed by atoms with Crippen molar-refractivity contribution in [1.29, 1.82) is 0 Å². The molecule has 1 aliphatic carbocycles. The van der Waals surface area contributed by atoms with Crippen LogP contribution in [0.3, 0.4) is 0 Å². The number of hydrogen-bond donors (Lipinski definition) is 3. The maximum absolute atomic E-state index is 11.9. The highest BCUT2D eigenvalue weighted by atomic mass is 35.5. The Morgan fingerprint density at radius 2 is 2.10 bits per heavy atom. The van der Waals surface area contributed by atoms with Gasteiger partial charge in [-0.1, -0.05) is 11.6 Å². The summed E-state index contributed by atoms with van der Waals surface area (Å²) < 4.78 is 1.14. The van der Waals surface area contributed by atoms with E-state index in [0.29, 0.717) is 11.6 Å². The lowest BCUT2D eigenvalue weighted by Crippen LogP contribution is -2.27. The molecule has 0 saturated heterocycles. The van der Waals surface area contributed by atoms with E-state index < -0.39 is 5.56 Å². The van der Waals surface area contributed by atoms with Crippen molar-refractivity contribution in [1.82, 2.24) is 9.78 Å². The lowest BCUT2D eigenvalue weighted by atomic mass is 9.87. The third kappa shape index (κ3) is 3.71. The molecule has 0 aliphatic heterocycles. The normalized spacial score (nSPS) is 22.8. The molecular weight excluding hydrogens is 282 g/mol. The molecule has 0 bridgehead atoms. The number of nitrogens with one attached hydrogen (secondary N) is 1. The van der Waals surface area contributed by atoms with Gasteiger partial charge in [0.25, 0.3) is 5.56 Å². The molecule has 1 aliphatic rings. The molecule has 1 heterocycles. The van der Waals surface area contributed by atoms with Gasteiger partial charge in [0.15, 0.2) is 0 Å². The molecule has 20 heavy (non-hydrogen) atoms. The fourth-order valence-corrected chi connectivity index (χ4v) is 2.66. The van der Waals surface area contributed by atoms with Crippen molar-refractivity contribution < 1.29 is 10.2 Å². The third-order valence-electron chi connectivity index (χ3n) is 3.69. The number of halogens is 1. The van der Waals surface area contributed by atoms with E-state index in [9.17, 15) is 9.90 Å². The van der Waals surface area contributed by atoms with Crippen molar-refractivity contribution in [2.75, 3.05) is 18.5 Å². The summed E-state index contributed by atoms with van der Waals surface area (Å²) in [6.45, 7) is 0.706. The van der Waals surface area contributed by atoms with Crippen LogP contribution in [0.15, 0.2) is 11.0 Å². The lowest BCUT2D eigenvalue weighted by Gasteiger charge is -2.25. The van der Waals surface area contributed by atoms with Crippen LogP contribution in [0.2, 0.25) is 5.02 Å². The molecule has 0 unspecified atom stereocenters. The lowest BCUT2D eigenvalue weighted by molar-refractivity contribution is 0.111. The Kier molecular flexibility index (Phi) is 5.39. The monoisotopic (exact) mass is 301 g/mol. The van der Waals surface area contributed by atoms with E-state index in [0.717, 1.165) is 36.9 Å². The molecule has 112 valence electrons. The van der Waals surface area contributed by atoms with Gasteiger partial charge in [-0.3, -0.25) is 4.79 Å². The Labute approximate surface area is 122 Å². The summed E-state index contributed by atoms with van der Waals surface area (Å²) >= 11 is 6.02. The predicted octanol–water partition coefficient (Wildman–Crippen LogP) is 0.852. The van der Waals surface area contributed by atoms with Crippen molar-refractivity contribution in [3.63, 3.8) is 0 Å². The van der Waals surface area contributed by atoms with Crippen molar-refractivity contribution in [3.8, 4) is 0 Å². The van der Waals surface area contributed by atoms with Gasteiger partial charge in [-0.2, -0.15) is 5.10 Å². The van der Waals surface area contributed by atoms with E-state index in [1.165, 1.54) is 6.20 Å². The van der Waals surface area contributed by atoms with E-state index in [4.69, 9.17) is 16.7 Å². The summed E-state index contributed by atoms with van der Waals surface area (Å²) in [6, 6.07) is 0. The Hall–Kier alpha value is -1.11. The number of aliphatic hydroxyl groups is 2. The van der Waals surface area contributed by atoms with Gasteiger partial charge in [0.1, 0.15) is 5.02 Å². The molecule has 0 spiro atoms. The summed E-state index contributed by atoms with van der Waals surface area (Å²) in [4.78, 5) is 11.9. The van der Waals surface area contributed by atoms with Gasteiger partial charge in [0.05, 0.1) is 31.1 Å². The van der Waals surface area contributed by atoms with Gasteiger partial charge in [-0.05, 0) is 31.6 Å². The van der Waals surface area contributed by atoms with Crippen LogP contribution in [0.5, 0.6) is 0 Å². The summed E-state index contributed by atoms with van der Waals surface area (Å²) in [5.41, 5.74) is 0.127. The standard InChI is InChI=1S/C13H20ClN3O3/c14-12-11(8-16-17(5-6-18)13(12)20)15-7-9-1-3-10(19)4-2-9/h8-10,15,18-19H,1-7H2. The molecule has 0 radical (unpaired) electrons. The Bertz CT molecular complexity index is 498. The Balaban J connectivity index is 1.96. The van der Waals surface area contributed by atoms with Crippen molar-refractivity contribution >= 4 is 17.3 Å². The third-order valence-corrected chi connectivity index (χ3v) is 4.06. The zero-order chi connectivity index (χ0) is 14.5. The van der Waals surface area contributed by atoms with Crippen molar-refractivity contribution in [2.24, 2.45) is 5.92 Å². The first-order valence-electron chi connectivity index (χ1n) is 6.90. The second kappa shape index (κ2) is 7.06. The molecule has 0 aromatic carbocycles. The first kappa shape index (κ1) is 15.3. The van der Waals surface area contributed by atoms with E-state index in [1.54, 1.807) is 0 Å². The van der Waals surface area contributed by atoms with Crippen LogP contribution in [0.1, 0.15) is 25.7 Å². The van der Waals surface area contributed by atoms with Crippen molar-refractivity contribution in [3.05, 3.63) is 21.6 Å². The van der Waals surface area contributed by atoms with Gasteiger partial charge >= 0.3 is 0 Å². The number of rotatable bonds is 5. The van der Waals surface area contributed by atoms with E-state index >= 15 is 0 Å². The summed E-state index contributed by atoms with van der Waals surface area (Å²) in [5.74, 6) is 0.481. The van der Waals surface area contributed by atoms with E-state index in [2.05, 4.69) is 10.4 Å². The summed E-state index contributed by atoms with van der Waals surface area (Å²) in [7, 11) is 0. The average Bonchev–Trinajstić information content (AvgIpc) is 2.45. The second-order valence-corrected chi connectivity index (χ2v) is 5.56. The largest absolute Gasteiger partial charge is 0.394 e. The van der Waals surface area contributed by atoms with Crippen LogP contribution in [-0.2, 0) is 6.54 Å². The van der Waals surface area contributed by atoms with Gasteiger partial charge in [-0.25, -0.2) is 4.68 Å². The fraction of sp³-hybridized carbons (Fsp3) is 0.692. The number of hydrogen-bond acceptors (Lipinski definition) is 5. The smallest absolute Gasteiger partial charge is 0.287 e. The molecule has 2 rings (SSSR count). The van der Waals surface area contributed by atoms with E-state index in [1.807, 2.05) is 0 Å². The quantitative estimate of drug-likeness (QED) is 0.750. The molecule has 3 N–H and O–H groups in total.